The van der Waals surface area contributed by atoms with Crippen molar-refractivity contribution < 1.29 is 0 Å². The van der Waals surface area contributed by atoms with E-state index in [0.717, 1.165) is 27.4 Å². The molecule has 0 bridgehead atoms. The number of hydrogen-bond acceptors (Lipinski definition) is 4. The second-order valence-electron chi connectivity index (χ2n) is 3.55. The number of rotatable bonds is 1. The van der Waals surface area contributed by atoms with Gasteiger partial charge in [-0.05, 0) is 29.6 Å². The maximum absolute atomic E-state index is 6.02. The highest BCUT2D eigenvalue weighted by Gasteiger charge is 2.25. The smallest absolute Gasteiger partial charge is 0.149 e. The van der Waals surface area contributed by atoms with E-state index in [9.17, 15) is 0 Å². The summed E-state index contributed by atoms with van der Waals surface area (Å²) in [5.74, 6) is 2.87. The highest BCUT2D eigenvalue weighted by atomic mass is 127. The van der Waals surface area contributed by atoms with Crippen molar-refractivity contribution in [3.05, 3.63) is 19.7 Å². The summed E-state index contributed by atoms with van der Waals surface area (Å²) in [5, 5.41) is 0.888. The van der Waals surface area contributed by atoms with Gasteiger partial charge in [-0.15, -0.1) is 0 Å². The predicted octanol–water partition coefficient (Wildman–Crippen LogP) is 3.11. The lowest BCUT2D eigenvalue weighted by Crippen LogP contribution is -2.34. The molecule has 0 amide bonds. The number of halogens is 3. The molecule has 0 radical (unpaired) electrons. The number of hydrogen-bond donors (Lipinski definition) is 0. The quantitative estimate of drug-likeness (QED) is 0.545. The van der Waals surface area contributed by atoms with Gasteiger partial charge in [0.05, 0.1) is 9.61 Å². The Labute approximate surface area is 122 Å². The minimum absolute atomic E-state index is 0.214. The van der Waals surface area contributed by atoms with E-state index >= 15 is 0 Å². The van der Waals surface area contributed by atoms with Crippen molar-refractivity contribution >= 4 is 57.6 Å². The van der Waals surface area contributed by atoms with Crippen molar-refractivity contribution in [3.8, 4) is 0 Å². The molecule has 1 fully saturated rings. The van der Waals surface area contributed by atoms with Gasteiger partial charge < -0.3 is 0 Å². The summed E-state index contributed by atoms with van der Waals surface area (Å²) < 4.78 is 0.718. The molecule has 0 saturated carbocycles. The van der Waals surface area contributed by atoms with Gasteiger partial charge >= 0.3 is 0 Å². The van der Waals surface area contributed by atoms with Crippen LogP contribution >= 0.6 is 57.6 Å². The fraction of sp³-hybridized carbons (Fsp3) is 0.556. The summed E-state index contributed by atoms with van der Waals surface area (Å²) in [7, 11) is 2.08. The third-order valence-corrected chi connectivity index (χ3v) is 5.71. The van der Waals surface area contributed by atoms with Crippen LogP contribution in [0, 0.1) is 3.57 Å². The van der Waals surface area contributed by atoms with Crippen molar-refractivity contribution in [3.63, 3.8) is 0 Å². The molecule has 0 N–H and O–H groups in total. The standard InChI is InChI=1S/C9H10Cl2IN3S/c1-15-2-3-16-4-5(15)9-13-7(10)6(12)8(11)14-9/h5H,2-4H2,1H3. The molecule has 7 heteroatoms. The van der Waals surface area contributed by atoms with Crippen LogP contribution in [-0.2, 0) is 0 Å². The molecule has 1 aromatic heterocycles. The van der Waals surface area contributed by atoms with E-state index in [1.165, 1.54) is 0 Å². The molecule has 1 aliphatic heterocycles. The summed E-state index contributed by atoms with van der Waals surface area (Å²) >= 11 is 16.0. The lowest BCUT2D eigenvalue weighted by molar-refractivity contribution is 0.264. The maximum Gasteiger partial charge on any atom is 0.149 e. The van der Waals surface area contributed by atoms with Crippen LogP contribution in [0.4, 0.5) is 0 Å². The molecule has 1 atom stereocenters. The average Bonchev–Trinajstić information content (AvgIpc) is 2.26. The van der Waals surface area contributed by atoms with Gasteiger partial charge in [0.15, 0.2) is 0 Å². The largest absolute Gasteiger partial charge is 0.295 e. The van der Waals surface area contributed by atoms with Gasteiger partial charge in [-0.3, -0.25) is 4.90 Å². The van der Waals surface area contributed by atoms with Gasteiger partial charge in [-0.1, -0.05) is 23.2 Å². The van der Waals surface area contributed by atoms with Crippen molar-refractivity contribution in [1.29, 1.82) is 0 Å². The molecule has 0 spiro atoms. The van der Waals surface area contributed by atoms with Crippen LogP contribution in [0.25, 0.3) is 0 Å². The van der Waals surface area contributed by atoms with Crippen LogP contribution < -0.4 is 0 Å². The van der Waals surface area contributed by atoms with Crippen LogP contribution in [0.1, 0.15) is 11.9 Å². The Morgan fingerprint density at radius 1 is 1.38 bits per heavy atom. The van der Waals surface area contributed by atoms with Crippen LogP contribution in [0.5, 0.6) is 0 Å². The Hall–Kier alpha value is 0.700. The third kappa shape index (κ3) is 2.75. The zero-order chi connectivity index (χ0) is 11.7. The molecule has 1 unspecified atom stereocenters. The topological polar surface area (TPSA) is 29.0 Å². The fourth-order valence-electron chi connectivity index (χ4n) is 1.52. The lowest BCUT2D eigenvalue weighted by Gasteiger charge is -2.30. The minimum Gasteiger partial charge on any atom is -0.295 e. The number of nitrogens with zero attached hydrogens (tertiary/aromatic N) is 3. The number of thioether (sulfide) groups is 1. The molecule has 16 heavy (non-hydrogen) atoms. The molecular formula is C9H10Cl2IN3S. The van der Waals surface area contributed by atoms with Gasteiger partial charge in [-0.2, -0.15) is 11.8 Å². The molecule has 2 rings (SSSR count). The Morgan fingerprint density at radius 2 is 2.00 bits per heavy atom. The van der Waals surface area contributed by atoms with E-state index in [1.54, 1.807) is 0 Å². The van der Waals surface area contributed by atoms with Crippen LogP contribution in [0.15, 0.2) is 0 Å². The first-order valence-electron chi connectivity index (χ1n) is 4.76. The summed E-state index contributed by atoms with van der Waals surface area (Å²) in [6, 6.07) is 0.214. The van der Waals surface area contributed by atoms with E-state index in [1.807, 2.05) is 11.8 Å². The molecule has 2 heterocycles. The summed E-state index contributed by atoms with van der Waals surface area (Å²) in [5.41, 5.74) is 0. The Kier molecular flexibility index (Phi) is 4.57. The summed E-state index contributed by atoms with van der Waals surface area (Å²) in [6.45, 7) is 1.04. The van der Waals surface area contributed by atoms with Gasteiger partial charge in [0, 0.05) is 18.1 Å². The normalized spacial score (nSPS) is 22.4. The molecule has 0 aromatic carbocycles. The fourth-order valence-corrected chi connectivity index (χ4v) is 3.37. The van der Waals surface area contributed by atoms with Crippen molar-refractivity contribution in [2.45, 2.75) is 6.04 Å². The van der Waals surface area contributed by atoms with E-state index in [-0.39, 0.29) is 6.04 Å². The highest BCUT2D eigenvalue weighted by Crippen LogP contribution is 2.30. The predicted molar refractivity (Wildman–Crippen MR) is 77.5 cm³/mol. The second-order valence-corrected chi connectivity index (χ2v) is 6.49. The molecule has 1 aliphatic rings. The average molecular weight is 390 g/mol. The van der Waals surface area contributed by atoms with Gasteiger partial charge in [0.25, 0.3) is 0 Å². The van der Waals surface area contributed by atoms with E-state index in [0.29, 0.717) is 10.3 Å². The molecule has 1 saturated heterocycles. The Bertz CT molecular complexity index is 381. The van der Waals surface area contributed by atoms with Crippen LogP contribution in [0.3, 0.4) is 0 Å². The van der Waals surface area contributed by atoms with E-state index in [4.69, 9.17) is 23.2 Å². The minimum atomic E-state index is 0.214. The van der Waals surface area contributed by atoms with Crippen molar-refractivity contribution in [2.24, 2.45) is 0 Å². The van der Waals surface area contributed by atoms with E-state index in [2.05, 4.69) is 44.5 Å². The molecular weight excluding hydrogens is 380 g/mol. The van der Waals surface area contributed by atoms with Gasteiger partial charge in [-0.25, -0.2) is 9.97 Å². The summed E-state index contributed by atoms with van der Waals surface area (Å²) in [6.07, 6.45) is 0. The first kappa shape index (κ1) is 13.1. The summed E-state index contributed by atoms with van der Waals surface area (Å²) in [4.78, 5) is 10.9. The second kappa shape index (κ2) is 5.56. The first-order chi connectivity index (χ1) is 7.59. The highest BCUT2D eigenvalue weighted by molar-refractivity contribution is 14.1. The third-order valence-electron chi connectivity index (χ3n) is 2.48. The van der Waals surface area contributed by atoms with Gasteiger partial charge in [0.2, 0.25) is 0 Å². The maximum atomic E-state index is 6.02. The number of aromatic nitrogens is 2. The zero-order valence-electron chi connectivity index (χ0n) is 8.58. The molecule has 0 aliphatic carbocycles. The molecule has 88 valence electrons. The van der Waals surface area contributed by atoms with Crippen molar-refractivity contribution in [1.82, 2.24) is 14.9 Å². The van der Waals surface area contributed by atoms with E-state index < -0.39 is 0 Å². The SMILES string of the molecule is CN1CCSCC1c1nc(Cl)c(I)c(Cl)n1. The lowest BCUT2D eigenvalue weighted by atomic mass is 10.2. The van der Waals surface area contributed by atoms with Crippen molar-refractivity contribution in [2.75, 3.05) is 25.1 Å². The molecule has 3 nitrogen and oxygen atoms in total. The Morgan fingerprint density at radius 3 is 2.56 bits per heavy atom. The zero-order valence-corrected chi connectivity index (χ0v) is 13.1. The van der Waals surface area contributed by atoms with Crippen LogP contribution in [0.2, 0.25) is 10.3 Å². The first-order valence-corrected chi connectivity index (χ1v) is 7.75. The Balaban J connectivity index is 2.32. The molecule has 1 aromatic rings. The van der Waals surface area contributed by atoms with Gasteiger partial charge in [0.1, 0.15) is 16.1 Å². The monoisotopic (exact) mass is 389 g/mol. The van der Waals surface area contributed by atoms with Crippen LogP contribution in [-0.4, -0.2) is 40.0 Å².